The van der Waals surface area contributed by atoms with E-state index in [4.69, 9.17) is 0 Å². The van der Waals surface area contributed by atoms with Crippen molar-refractivity contribution in [3.63, 3.8) is 0 Å². The van der Waals surface area contributed by atoms with E-state index >= 15 is 0 Å². The molecule has 3 rings (SSSR count). The SMILES string of the molecule is CSCCC(NC(=O)c1cccc([N+](=O)[O-])c1)C(=O)N1CCN(C(=O)C(=O)NC2CC2)CC1. The van der Waals surface area contributed by atoms with Crippen LogP contribution in [0.5, 0.6) is 0 Å². The lowest BCUT2D eigenvalue weighted by molar-refractivity contribution is -0.384. The van der Waals surface area contributed by atoms with Gasteiger partial charge in [0.25, 0.3) is 11.6 Å². The highest BCUT2D eigenvalue weighted by molar-refractivity contribution is 7.98. The standard InChI is InChI=1S/C21H27N5O6S/c1-33-12-7-17(23-18(27)14-3-2-4-16(13-14)26(31)32)20(29)24-8-10-25(11-9-24)21(30)19(28)22-15-5-6-15/h2-4,13,15,17H,5-12H2,1H3,(H,22,28)(H,23,27). The third-order valence-corrected chi connectivity index (χ3v) is 6.16. The molecule has 2 aliphatic rings. The maximum atomic E-state index is 13.1. The van der Waals surface area contributed by atoms with E-state index in [0.29, 0.717) is 12.2 Å². The Balaban J connectivity index is 1.59. The van der Waals surface area contributed by atoms with Crippen molar-refractivity contribution in [3.8, 4) is 0 Å². The molecule has 1 heterocycles. The van der Waals surface area contributed by atoms with Crippen LogP contribution in [0.4, 0.5) is 5.69 Å². The second kappa shape index (κ2) is 11.1. The fraction of sp³-hybridized carbons (Fsp3) is 0.524. The second-order valence-electron chi connectivity index (χ2n) is 7.98. The molecule has 1 saturated carbocycles. The van der Waals surface area contributed by atoms with Gasteiger partial charge in [-0.15, -0.1) is 0 Å². The zero-order valence-electron chi connectivity index (χ0n) is 18.3. The minimum absolute atomic E-state index is 0.0937. The fourth-order valence-corrected chi connectivity index (χ4v) is 3.94. The molecular formula is C21H27N5O6S. The van der Waals surface area contributed by atoms with E-state index in [9.17, 15) is 29.3 Å². The van der Waals surface area contributed by atoms with Gasteiger partial charge in [0.1, 0.15) is 6.04 Å². The summed E-state index contributed by atoms with van der Waals surface area (Å²) in [6, 6.07) is 4.62. The number of amides is 4. The largest absolute Gasteiger partial charge is 0.345 e. The highest BCUT2D eigenvalue weighted by Gasteiger charge is 2.33. The van der Waals surface area contributed by atoms with Gasteiger partial charge in [0.2, 0.25) is 5.91 Å². The van der Waals surface area contributed by atoms with Gasteiger partial charge in [0, 0.05) is 49.9 Å². The Morgan fingerprint density at radius 3 is 2.42 bits per heavy atom. The first-order valence-electron chi connectivity index (χ1n) is 10.7. The predicted octanol–water partition coefficient (Wildman–Crippen LogP) is 0.396. The summed E-state index contributed by atoms with van der Waals surface area (Å²) in [6.45, 7) is 0.973. The van der Waals surface area contributed by atoms with Crippen LogP contribution in [-0.2, 0) is 14.4 Å². The molecule has 2 N–H and O–H groups in total. The summed E-state index contributed by atoms with van der Waals surface area (Å²) in [4.78, 5) is 63.5. The van der Waals surface area contributed by atoms with Gasteiger partial charge in [0.05, 0.1) is 4.92 Å². The average molecular weight is 478 g/mol. The number of nitrogens with zero attached hydrogens (tertiary/aromatic N) is 3. The van der Waals surface area contributed by atoms with Gasteiger partial charge in [-0.1, -0.05) is 6.07 Å². The van der Waals surface area contributed by atoms with Gasteiger partial charge < -0.3 is 20.4 Å². The van der Waals surface area contributed by atoms with Crippen LogP contribution in [0.2, 0.25) is 0 Å². The van der Waals surface area contributed by atoms with Gasteiger partial charge >= 0.3 is 11.8 Å². The van der Waals surface area contributed by atoms with Crippen molar-refractivity contribution in [2.45, 2.75) is 31.3 Å². The van der Waals surface area contributed by atoms with Gasteiger partial charge in [-0.2, -0.15) is 11.8 Å². The molecule has 11 nitrogen and oxygen atoms in total. The van der Waals surface area contributed by atoms with Crippen molar-refractivity contribution < 1.29 is 24.1 Å². The number of nitrogens with one attached hydrogen (secondary N) is 2. The first-order valence-corrected chi connectivity index (χ1v) is 12.1. The molecule has 33 heavy (non-hydrogen) atoms. The van der Waals surface area contributed by atoms with E-state index in [1.54, 1.807) is 4.90 Å². The van der Waals surface area contributed by atoms with E-state index in [1.165, 1.54) is 40.9 Å². The number of benzene rings is 1. The molecular weight excluding hydrogens is 450 g/mol. The smallest absolute Gasteiger partial charge is 0.312 e. The van der Waals surface area contributed by atoms with Crippen molar-refractivity contribution in [2.24, 2.45) is 0 Å². The van der Waals surface area contributed by atoms with E-state index in [2.05, 4.69) is 10.6 Å². The molecule has 12 heteroatoms. The van der Waals surface area contributed by atoms with E-state index in [-0.39, 0.29) is 49.4 Å². The van der Waals surface area contributed by atoms with E-state index < -0.39 is 28.7 Å². The fourth-order valence-electron chi connectivity index (χ4n) is 3.46. The molecule has 1 aliphatic carbocycles. The van der Waals surface area contributed by atoms with Crippen LogP contribution in [0.1, 0.15) is 29.6 Å². The quantitative estimate of drug-likeness (QED) is 0.313. The van der Waals surface area contributed by atoms with E-state index in [1.807, 2.05) is 6.26 Å². The molecule has 0 bridgehead atoms. The van der Waals surface area contributed by atoms with Crippen LogP contribution in [-0.4, -0.2) is 88.6 Å². The minimum atomic E-state index is -0.801. The van der Waals surface area contributed by atoms with Crippen molar-refractivity contribution in [3.05, 3.63) is 39.9 Å². The summed E-state index contributed by atoms with van der Waals surface area (Å²) >= 11 is 1.53. The molecule has 1 saturated heterocycles. The first-order chi connectivity index (χ1) is 15.8. The minimum Gasteiger partial charge on any atom is -0.345 e. The molecule has 0 aromatic heterocycles. The summed E-state index contributed by atoms with van der Waals surface area (Å²) in [5.74, 6) is -1.42. The molecule has 0 spiro atoms. The Labute approximate surface area is 195 Å². The zero-order valence-corrected chi connectivity index (χ0v) is 19.1. The molecule has 4 amide bonds. The van der Waals surface area contributed by atoms with Crippen molar-refractivity contribution in [1.82, 2.24) is 20.4 Å². The van der Waals surface area contributed by atoms with Gasteiger partial charge in [-0.25, -0.2) is 0 Å². The molecule has 0 radical (unpaired) electrons. The number of nitro benzene ring substituents is 1. The van der Waals surface area contributed by atoms with Crippen molar-refractivity contribution in [1.29, 1.82) is 0 Å². The van der Waals surface area contributed by atoms with Crippen LogP contribution >= 0.6 is 11.8 Å². The maximum Gasteiger partial charge on any atom is 0.312 e. The monoisotopic (exact) mass is 477 g/mol. The zero-order chi connectivity index (χ0) is 24.0. The molecule has 1 atom stereocenters. The Hall–Kier alpha value is -3.15. The lowest BCUT2D eigenvalue weighted by Crippen LogP contribution is -2.57. The summed E-state index contributed by atoms with van der Waals surface area (Å²) in [5, 5.41) is 16.4. The normalized spacial score (nSPS) is 16.6. The first kappa shape index (κ1) is 24.5. The summed E-state index contributed by atoms with van der Waals surface area (Å²) in [6.07, 6.45) is 4.06. The number of carbonyl (C=O) groups is 4. The molecule has 1 unspecified atom stereocenters. The van der Waals surface area contributed by atoms with E-state index in [0.717, 1.165) is 12.8 Å². The van der Waals surface area contributed by atoms with Crippen LogP contribution in [0.15, 0.2) is 24.3 Å². The maximum absolute atomic E-state index is 13.1. The van der Waals surface area contributed by atoms with Gasteiger partial charge in [-0.05, 0) is 37.3 Å². The Morgan fingerprint density at radius 1 is 1.15 bits per heavy atom. The van der Waals surface area contributed by atoms with Crippen LogP contribution < -0.4 is 10.6 Å². The van der Waals surface area contributed by atoms with Gasteiger partial charge in [0.15, 0.2) is 0 Å². The predicted molar refractivity (Wildman–Crippen MR) is 122 cm³/mol. The molecule has 1 aliphatic heterocycles. The summed E-state index contributed by atoms with van der Waals surface area (Å²) in [7, 11) is 0. The number of thioether (sulfide) groups is 1. The Bertz CT molecular complexity index is 929. The highest BCUT2D eigenvalue weighted by Crippen LogP contribution is 2.19. The summed E-state index contributed by atoms with van der Waals surface area (Å²) < 4.78 is 0. The van der Waals surface area contributed by atoms with Crippen LogP contribution in [0.25, 0.3) is 0 Å². The third kappa shape index (κ3) is 6.67. The van der Waals surface area contributed by atoms with Crippen molar-refractivity contribution >= 4 is 41.1 Å². The lowest BCUT2D eigenvalue weighted by atomic mass is 10.1. The van der Waals surface area contributed by atoms with Gasteiger partial charge in [-0.3, -0.25) is 29.3 Å². The average Bonchev–Trinajstić information content (AvgIpc) is 3.64. The number of rotatable bonds is 8. The molecule has 2 fully saturated rings. The lowest BCUT2D eigenvalue weighted by Gasteiger charge is -2.36. The number of nitro groups is 1. The molecule has 1 aromatic rings. The topological polar surface area (TPSA) is 142 Å². The highest BCUT2D eigenvalue weighted by atomic mass is 32.2. The molecule has 178 valence electrons. The van der Waals surface area contributed by atoms with Crippen molar-refractivity contribution in [2.75, 3.05) is 38.2 Å². The number of carbonyl (C=O) groups excluding carboxylic acids is 4. The third-order valence-electron chi connectivity index (χ3n) is 5.52. The Morgan fingerprint density at radius 2 is 1.82 bits per heavy atom. The van der Waals surface area contributed by atoms with Crippen LogP contribution in [0, 0.1) is 10.1 Å². The number of piperazine rings is 1. The number of non-ortho nitro benzene ring substituents is 1. The molecule has 1 aromatic carbocycles. The van der Waals surface area contributed by atoms with Crippen LogP contribution in [0.3, 0.4) is 0 Å². The number of hydrogen-bond acceptors (Lipinski definition) is 7. The second-order valence-corrected chi connectivity index (χ2v) is 8.97. The Kier molecular flexibility index (Phi) is 8.26. The number of hydrogen-bond donors (Lipinski definition) is 2. The summed E-state index contributed by atoms with van der Waals surface area (Å²) in [5.41, 5.74) is -0.107.